The molecule has 0 radical (unpaired) electrons. The van der Waals surface area contributed by atoms with E-state index in [9.17, 15) is 8.42 Å². The molecular weight excluding hydrogens is 240 g/mol. The fraction of sp³-hybridized carbons (Fsp3) is 0.857. The van der Waals surface area contributed by atoms with Crippen LogP contribution in [0.4, 0.5) is 0 Å². The lowest BCUT2D eigenvalue weighted by atomic mass is 10.6. The molecule has 1 N–H and O–H groups in total. The molecular formula is C7H14N2O2S3. The molecule has 0 aromatic carbocycles. The van der Waals surface area contributed by atoms with Crippen LogP contribution >= 0.6 is 23.5 Å². The number of hydrogen-bond acceptors (Lipinski definition) is 6. The molecule has 1 rings (SSSR count). The minimum atomic E-state index is -3.12. The predicted octanol–water partition coefficient (Wildman–Crippen LogP) is 1.46. The average molecular weight is 254 g/mol. The highest BCUT2D eigenvalue weighted by molar-refractivity contribution is 8.39. The highest BCUT2D eigenvalue weighted by Gasteiger charge is 2.27. The van der Waals surface area contributed by atoms with Gasteiger partial charge in [-0.3, -0.25) is 5.43 Å². The summed E-state index contributed by atoms with van der Waals surface area (Å²) in [5.74, 6) is 1.13. The topological polar surface area (TPSA) is 58.5 Å². The van der Waals surface area contributed by atoms with Gasteiger partial charge in [0.25, 0.3) is 0 Å². The number of nitrogens with one attached hydrogen (secondary N) is 1. The molecule has 1 aliphatic rings. The van der Waals surface area contributed by atoms with Crippen molar-refractivity contribution in [3.05, 3.63) is 0 Å². The van der Waals surface area contributed by atoms with E-state index in [-0.39, 0.29) is 14.8 Å². The Balaban J connectivity index is 2.48. The van der Waals surface area contributed by atoms with E-state index in [1.807, 2.05) is 0 Å². The number of hydrazone groups is 1. The molecule has 1 unspecified atom stereocenters. The largest absolute Gasteiger partial charge is 0.285 e. The molecule has 1 atom stereocenters. The Bertz CT molecular complexity index is 313. The van der Waals surface area contributed by atoms with Gasteiger partial charge in [-0.15, -0.1) is 11.8 Å². The quantitative estimate of drug-likeness (QED) is 0.823. The Kier molecular flexibility index (Phi) is 4.59. The van der Waals surface area contributed by atoms with Gasteiger partial charge in [-0.25, -0.2) is 8.42 Å². The molecule has 1 aliphatic heterocycles. The number of nitrogens with zero attached hydrogens (tertiary/aromatic N) is 1. The van der Waals surface area contributed by atoms with E-state index < -0.39 is 9.84 Å². The standard InChI is InChI=1S/C7H14N2O2S3/c1-3-5-12-6-8-9-7(13-6)14(10,11)4-2/h6,8H,3-5H2,1-2H3. The van der Waals surface area contributed by atoms with E-state index in [0.717, 1.165) is 12.2 Å². The third-order valence-corrected chi connectivity index (χ3v) is 6.38. The van der Waals surface area contributed by atoms with E-state index in [1.54, 1.807) is 18.7 Å². The molecule has 14 heavy (non-hydrogen) atoms. The zero-order valence-corrected chi connectivity index (χ0v) is 10.6. The van der Waals surface area contributed by atoms with Gasteiger partial charge in [-0.2, -0.15) is 5.10 Å². The number of thioether (sulfide) groups is 2. The minimum Gasteiger partial charge on any atom is -0.285 e. The minimum absolute atomic E-state index is 0.0614. The lowest BCUT2D eigenvalue weighted by Gasteiger charge is -2.06. The summed E-state index contributed by atoms with van der Waals surface area (Å²) in [6.07, 6.45) is 1.08. The maximum Gasteiger partial charge on any atom is 0.211 e. The van der Waals surface area contributed by atoms with Crippen LogP contribution in [0, 0.1) is 0 Å². The molecule has 0 aromatic heterocycles. The first-order chi connectivity index (χ1) is 6.60. The summed E-state index contributed by atoms with van der Waals surface area (Å²) in [4.78, 5) is 0. The van der Waals surface area contributed by atoms with Crippen molar-refractivity contribution in [2.45, 2.75) is 25.0 Å². The first kappa shape index (κ1) is 12.2. The molecule has 0 aromatic rings. The van der Waals surface area contributed by atoms with Crippen LogP contribution in [-0.2, 0) is 9.84 Å². The Morgan fingerprint density at radius 1 is 1.57 bits per heavy atom. The molecule has 0 aliphatic carbocycles. The Morgan fingerprint density at radius 3 is 2.86 bits per heavy atom. The molecule has 7 heteroatoms. The fourth-order valence-corrected chi connectivity index (χ4v) is 4.47. The number of hydrogen-bond donors (Lipinski definition) is 1. The Morgan fingerprint density at radius 2 is 2.29 bits per heavy atom. The normalized spacial score (nSPS) is 21.9. The van der Waals surface area contributed by atoms with Crippen molar-refractivity contribution in [1.29, 1.82) is 0 Å². The number of rotatable bonds is 4. The maximum absolute atomic E-state index is 11.4. The van der Waals surface area contributed by atoms with Crippen LogP contribution in [0.1, 0.15) is 20.3 Å². The molecule has 0 saturated heterocycles. The average Bonchev–Trinajstić information content (AvgIpc) is 2.63. The fourth-order valence-electron chi connectivity index (χ4n) is 0.812. The van der Waals surface area contributed by atoms with E-state index in [4.69, 9.17) is 0 Å². The zero-order chi connectivity index (χ0) is 10.6. The van der Waals surface area contributed by atoms with Crippen LogP contribution in [0.25, 0.3) is 0 Å². The van der Waals surface area contributed by atoms with Gasteiger partial charge >= 0.3 is 0 Å². The summed E-state index contributed by atoms with van der Waals surface area (Å²) in [7, 11) is -3.12. The lowest BCUT2D eigenvalue weighted by molar-refractivity contribution is 0.608. The summed E-state index contributed by atoms with van der Waals surface area (Å²) in [5.41, 5.74) is 2.82. The van der Waals surface area contributed by atoms with Crippen LogP contribution in [0.15, 0.2) is 5.10 Å². The first-order valence-corrected chi connectivity index (χ1v) is 8.02. The monoisotopic (exact) mass is 254 g/mol. The van der Waals surface area contributed by atoms with Crippen molar-refractivity contribution < 1.29 is 8.42 Å². The first-order valence-electron chi connectivity index (χ1n) is 4.44. The van der Waals surface area contributed by atoms with Crippen LogP contribution in [0.2, 0.25) is 0 Å². The van der Waals surface area contributed by atoms with Gasteiger partial charge < -0.3 is 0 Å². The molecule has 0 saturated carbocycles. The SMILES string of the molecule is CCCSC1NN=C(S(=O)(=O)CC)S1. The molecule has 1 heterocycles. The third-order valence-electron chi connectivity index (χ3n) is 1.59. The van der Waals surface area contributed by atoms with Gasteiger partial charge in [0.05, 0.1) is 5.75 Å². The predicted molar refractivity (Wildman–Crippen MR) is 64.2 cm³/mol. The van der Waals surface area contributed by atoms with Crippen LogP contribution < -0.4 is 5.43 Å². The second-order valence-electron chi connectivity index (χ2n) is 2.73. The van der Waals surface area contributed by atoms with Gasteiger partial charge in [0.15, 0.2) is 0 Å². The van der Waals surface area contributed by atoms with Crippen LogP contribution in [-0.4, -0.2) is 29.0 Å². The van der Waals surface area contributed by atoms with Crippen molar-refractivity contribution in [1.82, 2.24) is 5.43 Å². The Labute approximate surface area is 93.2 Å². The summed E-state index contributed by atoms with van der Waals surface area (Å²) in [6.45, 7) is 3.72. The second kappa shape index (κ2) is 5.27. The van der Waals surface area contributed by atoms with Crippen molar-refractivity contribution in [3.8, 4) is 0 Å². The zero-order valence-electron chi connectivity index (χ0n) is 8.19. The van der Waals surface area contributed by atoms with E-state index in [2.05, 4.69) is 17.5 Å². The summed E-state index contributed by atoms with van der Waals surface area (Å²) in [6, 6.07) is 0. The molecule has 0 bridgehead atoms. The van der Waals surface area contributed by atoms with E-state index >= 15 is 0 Å². The van der Waals surface area contributed by atoms with E-state index in [0.29, 0.717) is 0 Å². The highest BCUT2D eigenvalue weighted by Crippen LogP contribution is 2.29. The van der Waals surface area contributed by atoms with Gasteiger partial charge in [0.2, 0.25) is 14.2 Å². The molecule has 82 valence electrons. The van der Waals surface area contributed by atoms with Gasteiger partial charge in [-0.1, -0.05) is 25.6 Å². The summed E-state index contributed by atoms with van der Waals surface area (Å²) in [5, 5.41) is 3.83. The summed E-state index contributed by atoms with van der Waals surface area (Å²) >= 11 is 2.98. The van der Waals surface area contributed by atoms with Crippen molar-refractivity contribution >= 4 is 37.7 Å². The van der Waals surface area contributed by atoms with Gasteiger partial charge in [0, 0.05) is 0 Å². The Hall–Kier alpha value is 0.120. The van der Waals surface area contributed by atoms with Crippen LogP contribution in [0.5, 0.6) is 0 Å². The highest BCUT2D eigenvalue weighted by atomic mass is 32.3. The second-order valence-corrected chi connectivity index (χ2v) is 7.79. The molecule has 0 fully saturated rings. The smallest absolute Gasteiger partial charge is 0.211 e. The van der Waals surface area contributed by atoms with Crippen molar-refractivity contribution in [2.75, 3.05) is 11.5 Å². The van der Waals surface area contributed by atoms with Gasteiger partial charge in [-0.05, 0) is 12.2 Å². The molecule has 4 nitrogen and oxygen atoms in total. The number of sulfone groups is 1. The molecule has 0 amide bonds. The molecule has 0 spiro atoms. The third kappa shape index (κ3) is 3.06. The lowest BCUT2D eigenvalue weighted by Crippen LogP contribution is -2.12. The van der Waals surface area contributed by atoms with E-state index in [1.165, 1.54) is 11.8 Å². The summed E-state index contributed by atoms with van der Waals surface area (Å²) < 4.78 is 23.1. The van der Waals surface area contributed by atoms with Crippen LogP contribution in [0.3, 0.4) is 0 Å². The maximum atomic E-state index is 11.4. The van der Waals surface area contributed by atoms with Crippen molar-refractivity contribution in [2.24, 2.45) is 5.10 Å². The van der Waals surface area contributed by atoms with Crippen molar-refractivity contribution in [3.63, 3.8) is 0 Å². The van der Waals surface area contributed by atoms with Gasteiger partial charge in [0.1, 0.15) is 4.71 Å².